The lowest BCUT2D eigenvalue weighted by molar-refractivity contribution is -0.365. The van der Waals surface area contributed by atoms with Crippen molar-refractivity contribution in [2.75, 3.05) is 20.3 Å². The van der Waals surface area contributed by atoms with Gasteiger partial charge in [0.2, 0.25) is 11.5 Å². The van der Waals surface area contributed by atoms with E-state index < -0.39 is 110 Å². The third-order valence-electron chi connectivity index (χ3n) is 7.90. The molecule has 12 unspecified atom stereocenters. The number of aromatic hydroxyl groups is 3. The highest BCUT2D eigenvalue weighted by molar-refractivity contribution is 6.06. The Bertz CT molecular complexity index is 1350. The van der Waals surface area contributed by atoms with Crippen LogP contribution in [0.25, 0.3) is 0 Å². The van der Waals surface area contributed by atoms with Crippen molar-refractivity contribution in [2.45, 2.75) is 73.6 Å². The average molecular weight is 643 g/mol. The number of phenolic OH excluding ortho intramolecular Hbond substituents is 3. The van der Waals surface area contributed by atoms with Gasteiger partial charge in [0.1, 0.15) is 65.9 Å². The van der Waals surface area contributed by atoms with Crippen molar-refractivity contribution in [1.29, 1.82) is 0 Å². The maximum Gasteiger partial charge on any atom is 0.204 e. The third-order valence-corrected chi connectivity index (χ3v) is 7.90. The van der Waals surface area contributed by atoms with Gasteiger partial charge in [-0.25, -0.2) is 0 Å². The zero-order valence-corrected chi connectivity index (χ0v) is 23.6. The molecule has 45 heavy (non-hydrogen) atoms. The van der Waals surface area contributed by atoms with Gasteiger partial charge in [-0.3, -0.25) is 4.79 Å². The summed E-state index contributed by atoms with van der Waals surface area (Å²) in [6.45, 7) is -1.61. The predicted molar refractivity (Wildman–Crippen MR) is 143 cm³/mol. The Labute approximate surface area is 254 Å². The number of aliphatic hydroxyl groups is 7. The van der Waals surface area contributed by atoms with Gasteiger partial charge in [-0.15, -0.1) is 0 Å². The Morgan fingerprint density at radius 2 is 1.42 bits per heavy atom. The van der Waals surface area contributed by atoms with Gasteiger partial charge in [-0.1, -0.05) is 12.1 Å². The Hall–Kier alpha value is -3.33. The minimum Gasteiger partial charge on any atom is -0.508 e. The van der Waals surface area contributed by atoms with E-state index in [1.807, 2.05) is 0 Å². The van der Waals surface area contributed by atoms with E-state index in [0.29, 0.717) is 0 Å². The molecule has 3 heterocycles. The molecule has 0 amide bonds. The van der Waals surface area contributed by atoms with Crippen LogP contribution >= 0.6 is 0 Å². The molecule has 0 spiro atoms. The zero-order chi connectivity index (χ0) is 32.7. The maximum absolute atomic E-state index is 13.9. The van der Waals surface area contributed by atoms with Crippen molar-refractivity contribution in [3.8, 4) is 28.7 Å². The highest BCUT2D eigenvalue weighted by Crippen LogP contribution is 2.50. The van der Waals surface area contributed by atoms with Gasteiger partial charge >= 0.3 is 0 Å². The second-order valence-corrected chi connectivity index (χ2v) is 10.7. The molecule has 0 aliphatic carbocycles. The number of benzene rings is 2. The van der Waals surface area contributed by atoms with Crippen molar-refractivity contribution in [3.63, 3.8) is 0 Å². The van der Waals surface area contributed by atoms with Crippen LogP contribution in [-0.4, -0.2) is 145 Å². The molecule has 2 fully saturated rings. The average Bonchev–Trinajstić information content (AvgIpc) is 3.01. The van der Waals surface area contributed by atoms with Gasteiger partial charge in [0.25, 0.3) is 0 Å². The van der Waals surface area contributed by atoms with Crippen molar-refractivity contribution in [1.82, 2.24) is 0 Å². The molecule has 0 saturated carbocycles. The normalized spacial score (nSPS) is 36.7. The molecule has 5 rings (SSSR count). The zero-order valence-electron chi connectivity index (χ0n) is 23.6. The summed E-state index contributed by atoms with van der Waals surface area (Å²) < 4.78 is 33.2. The number of hydrogen-bond acceptors (Lipinski definition) is 17. The number of ether oxygens (including phenoxy) is 6. The van der Waals surface area contributed by atoms with Crippen LogP contribution in [0.4, 0.5) is 0 Å². The van der Waals surface area contributed by atoms with Gasteiger partial charge in [0.15, 0.2) is 36.3 Å². The highest BCUT2D eigenvalue weighted by atomic mass is 16.7. The lowest BCUT2D eigenvalue weighted by Crippen LogP contribution is -2.65. The molecule has 0 radical (unpaired) electrons. The van der Waals surface area contributed by atoms with Crippen LogP contribution in [0.2, 0.25) is 0 Å². The van der Waals surface area contributed by atoms with Crippen LogP contribution in [-0.2, 0) is 18.9 Å². The fraction of sp³-hybridized carbons (Fsp3) is 0.536. The number of ketones is 1. The number of phenols is 3. The molecule has 2 aromatic carbocycles. The summed E-state index contributed by atoms with van der Waals surface area (Å²) in [5.41, 5.74) is -0.173. The monoisotopic (exact) mass is 642 g/mol. The van der Waals surface area contributed by atoms with Crippen molar-refractivity contribution in [3.05, 3.63) is 41.5 Å². The standard InChI is InChI=1S/C28H34O17/c1-40-22-12(33)6-11(32)15-17(35)25(21(43-24(15)22)9-2-4-10(31)5-3-9)44-23-14(8-30)42-28(20(38)19(23)37)45-26-18(36)16(34)13(7-29)41-27(26)39/h2-6,13-14,16,18-21,23,25-34,36-39H,7-8H2,1H3. The summed E-state index contributed by atoms with van der Waals surface area (Å²) in [5.74, 6) is -2.82. The van der Waals surface area contributed by atoms with E-state index in [-0.39, 0.29) is 22.8 Å². The molecule has 10 N–H and O–H groups in total. The number of Topliss-reactive ketones (excluding diaryl/α,β-unsaturated/α-hetero) is 1. The first-order valence-electron chi connectivity index (χ1n) is 13.8. The Morgan fingerprint density at radius 3 is 2.04 bits per heavy atom. The lowest BCUT2D eigenvalue weighted by Gasteiger charge is -2.46. The Balaban J connectivity index is 1.44. The minimum atomic E-state index is -1.99. The summed E-state index contributed by atoms with van der Waals surface area (Å²) in [7, 11) is 1.20. The van der Waals surface area contributed by atoms with Crippen LogP contribution in [0.5, 0.6) is 28.7 Å². The number of hydrogen-bond donors (Lipinski definition) is 10. The maximum atomic E-state index is 13.9. The molecule has 248 valence electrons. The molecular weight excluding hydrogens is 608 g/mol. The summed E-state index contributed by atoms with van der Waals surface area (Å²) >= 11 is 0. The molecule has 0 aromatic heterocycles. The van der Waals surface area contributed by atoms with Crippen LogP contribution in [0.3, 0.4) is 0 Å². The first-order valence-corrected chi connectivity index (χ1v) is 13.8. The molecule has 2 saturated heterocycles. The molecule has 2 aromatic rings. The first-order chi connectivity index (χ1) is 21.4. The van der Waals surface area contributed by atoms with Gasteiger partial charge in [0, 0.05) is 6.07 Å². The van der Waals surface area contributed by atoms with E-state index in [4.69, 9.17) is 28.4 Å². The molecule has 17 nitrogen and oxygen atoms in total. The SMILES string of the molecule is COc1c(O)cc(O)c2c1OC(c1ccc(O)cc1)C(OC1C(CO)OC(OC3C(O)OC(CO)C(O)C3O)C(O)C1O)C2=O. The van der Waals surface area contributed by atoms with E-state index in [2.05, 4.69) is 0 Å². The molecule has 0 bridgehead atoms. The Morgan fingerprint density at radius 1 is 0.778 bits per heavy atom. The van der Waals surface area contributed by atoms with Crippen LogP contribution in [0.1, 0.15) is 22.0 Å². The molecule has 17 heteroatoms. The third kappa shape index (κ3) is 6.00. The highest BCUT2D eigenvalue weighted by Gasteiger charge is 2.53. The number of aliphatic hydroxyl groups excluding tert-OH is 7. The smallest absolute Gasteiger partial charge is 0.204 e. The first kappa shape index (κ1) is 33.0. The second kappa shape index (κ2) is 13.2. The van der Waals surface area contributed by atoms with E-state index in [9.17, 15) is 55.9 Å². The summed E-state index contributed by atoms with van der Waals surface area (Å²) in [5, 5.41) is 103. The number of rotatable bonds is 8. The van der Waals surface area contributed by atoms with Crippen molar-refractivity contribution in [2.24, 2.45) is 0 Å². The summed E-state index contributed by atoms with van der Waals surface area (Å²) in [6.07, 6.45) is -20.5. The number of fused-ring (bicyclic) bond motifs is 1. The van der Waals surface area contributed by atoms with Crippen LogP contribution in [0, 0.1) is 0 Å². The number of carbonyl (C=O) groups excluding carboxylic acids is 1. The van der Waals surface area contributed by atoms with Crippen LogP contribution < -0.4 is 9.47 Å². The number of methoxy groups -OCH3 is 1. The van der Waals surface area contributed by atoms with Crippen molar-refractivity contribution >= 4 is 5.78 Å². The van der Waals surface area contributed by atoms with Crippen LogP contribution in [0.15, 0.2) is 30.3 Å². The van der Waals surface area contributed by atoms with E-state index in [0.717, 1.165) is 6.07 Å². The minimum absolute atomic E-state index is 0.116. The van der Waals surface area contributed by atoms with E-state index in [1.54, 1.807) is 0 Å². The topological polar surface area (TPSA) is 275 Å². The van der Waals surface area contributed by atoms with Gasteiger partial charge in [-0.05, 0) is 17.7 Å². The lowest BCUT2D eigenvalue weighted by atomic mass is 9.91. The van der Waals surface area contributed by atoms with Gasteiger partial charge < -0.3 is 79.5 Å². The molecule has 3 aliphatic heterocycles. The molecular formula is C28H34O17. The van der Waals surface area contributed by atoms with Gasteiger partial charge in [0.05, 0.1) is 20.3 Å². The summed E-state index contributed by atoms with van der Waals surface area (Å²) in [6, 6.07) is 6.25. The number of carbonyl (C=O) groups is 1. The molecule has 3 aliphatic rings. The Kier molecular flexibility index (Phi) is 9.68. The largest absolute Gasteiger partial charge is 0.508 e. The van der Waals surface area contributed by atoms with E-state index in [1.165, 1.54) is 31.4 Å². The second-order valence-electron chi connectivity index (χ2n) is 10.7. The van der Waals surface area contributed by atoms with Crippen molar-refractivity contribution < 1.29 is 84.3 Å². The quantitative estimate of drug-likeness (QED) is 0.139. The fourth-order valence-electron chi connectivity index (χ4n) is 5.55. The summed E-state index contributed by atoms with van der Waals surface area (Å²) in [4.78, 5) is 13.9. The predicted octanol–water partition coefficient (Wildman–Crippen LogP) is -2.86. The fourth-order valence-corrected chi connectivity index (χ4v) is 5.55. The molecule has 12 atom stereocenters. The van der Waals surface area contributed by atoms with Gasteiger partial charge in [-0.2, -0.15) is 0 Å². The van der Waals surface area contributed by atoms with E-state index >= 15 is 0 Å².